The summed E-state index contributed by atoms with van der Waals surface area (Å²) in [7, 11) is 0. The molecule has 0 bridgehead atoms. The van der Waals surface area contributed by atoms with Gasteiger partial charge in [0.1, 0.15) is 0 Å². The Hall–Kier alpha value is -1.26. The number of rotatable bonds is 6. The molecule has 4 heteroatoms. The molecule has 1 heterocycles. The van der Waals surface area contributed by atoms with E-state index in [0.717, 1.165) is 24.4 Å². The number of nitrogens with two attached hydrogens (primary N) is 1. The topological polar surface area (TPSA) is 43.8 Å². The van der Waals surface area contributed by atoms with Crippen LogP contribution in [0.2, 0.25) is 0 Å². The van der Waals surface area contributed by atoms with E-state index in [4.69, 9.17) is 5.73 Å². The fourth-order valence-electron chi connectivity index (χ4n) is 1.73. The monoisotopic (exact) mass is 261 g/mol. The zero-order chi connectivity index (χ0) is 12.8. The Labute approximate surface area is 112 Å². The molecule has 0 aliphatic rings. The normalized spacial score (nSPS) is 12.6. The molecule has 1 atom stereocenters. The maximum Gasteiger partial charge on any atom is 0.0991 e. The summed E-state index contributed by atoms with van der Waals surface area (Å²) in [5.41, 5.74) is 8.05. The second-order valence-corrected chi connectivity index (χ2v) is 5.76. The van der Waals surface area contributed by atoms with Crippen molar-refractivity contribution in [2.24, 2.45) is 5.73 Å². The van der Waals surface area contributed by atoms with Gasteiger partial charge in [0.25, 0.3) is 0 Å². The molecule has 0 fully saturated rings. The van der Waals surface area contributed by atoms with Gasteiger partial charge >= 0.3 is 0 Å². The molecule has 96 valence electrons. The van der Waals surface area contributed by atoms with Crippen molar-refractivity contribution in [3.05, 3.63) is 48.5 Å². The molecule has 1 aromatic carbocycles. The smallest absolute Gasteiger partial charge is 0.0991 e. The first-order valence-electron chi connectivity index (χ1n) is 6.18. The molecule has 0 aliphatic heterocycles. The number of hydrogen-bond acceptors (Lipinski definition) is 3. The molecule has 1 unspecified atom stereocenters. The highest BCUT2D eigenvalue weighted by atomic mass is 32.2. The van der Waals surface area contributed by atoms with E-state index in [-0.39, 0.29) is 0 Å². The second kappa shape index (κ2) is 6.61. The summed E-state index contributed by atoms with van der Waals surface area (Å²) < 4.78 is 2.01. The number of benzene rings is 1. The molecule has 0 amide bonds. The Morgan fingerprint density at radius 3 is 2.72 bits per heavy atom. The van der Waals surface area contributed by atoms with Gasteiger partial charge in [-0.1, -0.05) is 19.1 Å². The molecule has 3 nitrogen and oxygen atoms in total. The predicted octanol–water partition coefficient (Wildman–Crippen LogP) is 2.84. The van der Waals surface area contributed by atoms with Crippen molar-refractivity contribution in [1.29, 1.82) is 0 Å². The fraction of sp³-hybridized carbons (Fsp3) is 0.357. The molecule has 0 saturated carbocycles. The van der Waals surface area contributed by atoms with Crippen LogP contribution in [0.1, 0.15) is 18.9 Å². The first-order chi connectivity index (χ1) is 8.79. The summed E-state index contributed by atoms with van der Waals surface area (Å²) in [5.74, 6) is 1.05. The molecule has 2 N–H and O–H groups in total. The Morgan fingerprint density at radius 1 is 1.33 bits per heavy atom. The zero-order valence-electron chi connectivity index (χ0n) is 10.6. The number of thioether (sulfide) groups is 1. The van der Waals surface area contributed by atoms with Crippen molar-refractivity contribution in [3.8, 4) is 5.69 Å². The van der Waals surface area contributed by atoms with Crippen LogP contribution in [-0.2, 0) is 5.75 Å². The van der Waals surface area contributed by atoms with Crippen LogP contribution in [0, 0.1) is 0 Å². The summed E-state index contributed by atoms with van der Waals surface area (Å²) in [6.45, 7) is 3.01. The van der Waals surface area contributed by atoms with E-state index in [0.29, 0.717) is 5.25 Å². The van der Waals surface area contributed by atoms with Gasteiger partial charge in [0.15, 0.2) is 0 Å². The Kier molecular flexibility index (Phi) is 4.84. The Morgan fingerprint density at radius 2 is 2.11 bits per heavy atom. The van der Waals surface area contributed by atoms with E-state index < -0.39 is 0 Å². The SMILES string of the molecule is CC(CCN)SCc1ccc(-n2ccnc2)cc1. The second-order valence-electron chi connectivity index (χ2n) is 4.34. The van der Waals surface area contributed by atoms with Crippen LogP contribution in [0.15, 0.2) is 43.0 Å². The summed E-state index contributed by atoms with van der Waals surface area (Å²) >= 11 is 1.96. The molecule has 2 aromatic rings. The lowest BCUT2D eigenvalue weighted by Crippen LogP contribution is -2.07. The molecule has 2 rings (SSSR count). The van der Waals surface area contributed by atoms with Crippen molar-refractivity contribution < 1.29 is 0 Å². The summed E-state index contributed by atoms with van der Waals surface area (Å²) in [4.78, 5) is 4.05. The first kappa shape index (κ1) is 13.2. The van der Waals surface area contributed by atoms with Crippen LogP contribution >= 0.6 is 11.8 Å². The number of nitrogens with zero attached hydrogens (tertiary/aromatic N) is 2. The van der Waals surface area contributed by atoms with Crippen molar-refractivity contribution in [2.75, 3.05) is 6.54 Å². The largest absolute Gasteiger partial charge is 0.330 e. The van der Waals surface area contributed by atoms with Gasteiger partial charge < -0.3 is 10.3 Å². The first-order valence-corrected chi connectivity index (χ1v) is 7.23. The molecule has 1 aromatic heterocycles. The van der Waals surface area contributed by atoms with Crippen molar-refractivity contribution in [2.45, 2.75) is 24.3 Å². The molecule has 0 saturated heterocycles. The van der Waals surface area contributed by atoms with E-state index in [1.807, 2.05) is 28.9 Å². The standard InChI is InChI=1S/C14H19N3S/c1-12(6-7-15)18-10-13-2-4-14(5-3-13)17-9-8-16-11-17/h2-5,8-9,11-12H,6-7,10,15H2,1H3. The van der Waals surface area contributed by atoms with Gasteiger partial charge in [-0.25, -0.2) is 4.98 Å². The summed E-state index contributed by atoms with van der Waals surface area (Å²) in [6.07, 6.45) is 6.64. The van der Waals surface area contributed by atoms with E-state index in [9.17, 15) is 0 Å². The minimum Gasteiger partial charge on any atom is -0.330 e. The molecule has 18 heavy (non-hydrogen) atoms. The minimum atomic E-state index is 0.628. The van der Waals surface area contributed by atoms with Gasteiger partial charge in [-0.15, -0.1) is 0 Å². The lowest BCUT2D eigenvalue weighted by Gasteiger charge is -2.10. The third-order valence-electron chi connectivity index (χ3n) is 2.85. The van der Waals surface area contributed by atoms with Crippen molar-refractivity contribution >= 4 is 11.8 Å². The lowest BCUT2D eigenvalue weighted by molar-refractivity contribution is 0.823. The molecular formula is C14H19N3S. The number of imidazole rings is 1. The highest BCUT2D eigenvalue weighted by Crippen LogP contribution is 2.20. The molecular weight excluding hydrogens is 242 g/mol. The quantitative estimate of drug-likeness (QED) is 0.869. The van der Waals surface area contributed by atoms with E-state index in [1.54, 1.807) is 6.20 Å². The lowest BCUT2D eigenvalue weighted by atomic mass is 10.2. The van der Waals surface area contributed by atoms with E-state index >= 15 is 0 Å². The number of aromatic nitrogens is 2. The molecule has 0 radical (unpaired) electrons. The maximum atomic E-state index is 5.55. The third-order valence-corrected chi connectivity index (χ3v) is 4.15. The minimum absolute atomic E-state index is 0.628. The third kappa shape index (κ3) is 3.62. The predicted molar refractivity (Wildman–Crippen MR) is 78.0 cm³/mol. The van der Waals surface area contributed by atoms with Crippen LogP contribution < -0.4 is 5.73 Å². The van der Waals surface area contributed by atoms with Crippen LogP contribution in [-0.4, -0.2) is 21.3 Å². The summed E-state index contributed by atoms with van der Waals surface area (Å²) in [5, 5.41) is 0.628. The van der Waals surface area contributed by atoms with Crippen LogP contribution in [0.4, 0.5) is 0 Å². The van der Waals surface area contributed by atoms with Gasteiger partial charge in [0.2, 0.25) is 0 Å². The molecule has 0 aliphatic carbocycles. The highest BCUT2D eigenvalue weighted by molar-refractivity contribution is 7.99. The van der Waals surface area contributed by atoms with Gasteiger partial charge in [-0.05, 0) is 30.7 Å². The Bertz CT molecular complexity index is 450. The van der Waals surface area contributed by atoms with Gasteiger partial charge in [-0.3, -0.25) is 0 Å². The average Bonchev–Trinajstić information content (AvgIpc) is 2.91. The van der Waals surface area contributed by atoms with E-state index in [2.05, 4.69) is 36.2 Å². The van der Waals surface area contributed by atoms with Gasteiger partial charge in [0.05, 0.1) is 6.33 Å². The molecule has 0 spiro atoms. The number of hydrogen-bond donors (Lipinski definition) is 1. The maximum absolute atomic E-state index is 5.55. The average molecular weight is 261 g/mol. The van der Waals surface area contributed by atoms with Crippen LogP contribution in [0.3, 0.4) is 0 Å². The van der Waals surface area contributed by atoms with E-state index in [1.165, 1.54) is 5.56 Å². The zero-order valence-corrected chi connectivity index (χ0v) is 11.4. The van der Waals surface area contributed by atoms with Gasteiger partial charge in [0, 0.05) is 29.1 Å². The van der Waals surface area contributed by atoms with Gasteiger partial charge in [-0.2, -0.15) is 11.8 Å². The summed E-state index contributed by atoms with van der Waals surface area (Å²) in [6, 6.07) is 8.62. The van der Waals surface area contributed by atoms with Crippen molar-refractivity contribution in [1.82, 2.24) is 9.55 Å². The fourth-order valence-corrected chi connectivity index (χ4v) is 2.70. The highest BCUT2D eigenvalue weighted by Gasteiger charge is 2.02. The Balaban J connectivity index is 1.92. The van der Waals surface area contributed by atoms with Crippen LogP contribution in [0.5, 0.6) is 0 Å². The van der Waals surface area contributed by atoms with Crippen LogP contribution in [0.25, 0.3) is 5.69 Å². The van der Waals surface area contributed by atoms with Crippen molar-refractivity contribution in [3.63, 3.8) is 0 Å².